The quantitative estimate of drug-likeness (QED) is 0.835. The number of carbonyl (C=O) groups is 3. The van der Waals surface area contributed by atoms with Gasteiger partial charge in [-0.3, -0.25) is 14.4 Å². The van der Waals surface area contributed by atoms with Crippen molar-refractivity contribution in [2.24, 2.45) is 0 Å². The first-order valence-electron chi connectivity index (χ1n) is 8.45. The molecule has 1 N–H and O–H groups in total. The normalized spacial score (nSPS) is 15.3. The highest BCUT2D eigenvalue weighted by Crippen LogP contribution is 2.31. The fourth-order valence-electron chi connectivity index (χ4n) is 3.05. The van der Waals surface area contributed by atoms with Crippen LogP contribution in [0.5, 0.6) is 0 Å². The lowest BCUT2D eigenvalue weighted by molar-refractivity contribution is -0.146. The SMILES string of the molecule is C[C@H]1Cc2ccccc2N1C(=O)COC(=O)CNC(=O)c1ccccc1. The van der Waals surface area contributed by atoms with Crippen LogP contribution in [-0.4, -0.2) is 37.0 Å². The third-order valence-electron chi connectivity index (χ3n) is 4.26. The molecule has 1 heterocycles. The van der Waals surface area contributed by atoms with E-state index in [2.05, 4.69) is 5.32 Å². The summed E-state index contributed by atoms with van der Waals surface area (Å²) in [4.78, 5) is 37.8. The smallest absolute Gasteiger partial charge is 0.325 e. The second-order valence-electron chi connectivity index (χ2n) is 6.15. The number of carbonyl (C=O) groups excluding carboxylic acids is 3. The Kier molecular flexibility index (Phi) is 5.31. The highest BCUT2D eigenvalue weighted by molar-refractivity contribution is 5.98. The zero-order valence-electron chi connectivity index (χ0n) is 14.5. The number of fused-ring (bicyclic) bond motifs is 1. The van der Waals surface area contributed by atoms with E-state index in [0.717, 1.165) is 17.7 Å². The first kappa shape index (κ1) is 17.7. The summed E-state index contributed by atoms with van der Waals surface area (Å²) in [7, 11) is 0. The number of ether oxygens (including phenoxy) is 1. The summed E-state index contributed by atoms with van der Waals surface area (Å²) in [6, 6.07) is 16.3. The van der Waals surface area contributed by atoms with Gasteiger partial charge in [-0.05, 0) is 37.1 Å². The average molecular weight is 352 g/mol. The molecule has 0 aromatic heterocycles. The molecule has 0 saturated heterocycles. The number of anilines is 1. The molecule has 0 aliphatic carbocycles. The van der Waals surface area contributed by atoms with E-state index in [0.29, 0.717) is 5.56 Å². The van der Waals surface area contributed by atoms with E-state index >= 15 is 0 Å². The van der Waals surface area contributed by atoms with E-state index in [1.54, 1.807) is 35.2 Å². The molecule has 2 aromatic carbocycles. The van der Waals surface area contributed by atoms with E-state index in [1.165, 1.54) is 0 Å². The van der Waals surface area contributed by atoms with Gasteiger partial charge in [-0.1, -0.05) is 36.4 Å². The van der Waals surface area contributed by atoms with Gasteiger partial charge in [-0.15, -0.1) is 0 Å². The van der Waals surface area contributed by atoms with Crippen molar-refractivity contribution in [2.75, 3.05) is 18.1 Å². The Labute approximate surface area is 151 Å². The lowest BCUT2D eigenvalue weighted by Gasteiger charge is -2.22. The first-order chi connectivity index (χ1) is 12.6. The van der Waals surface area contributed by atoms with Gasteiger partial charge in [0.05, 0.1) is 0 Å². The number of rotatable bonds is 5. The van der Waals surface area contributed by atoms with Crippen LogP contribution in [0.15, 0.2) is 54.6 Å². The number of benzene rings is 2. The third-order valence-corrected chi connectivity index (χ3v) is 4.26. The molecule has 1 aliphatic heterocycles. The molecule has 3 rings (SSSR count). The van der Waals surface area contributed by atoms with E-state index in [9.17, 15) is 14.4 Å². The number of hydrogen-bond donors (Lipinski definition) is 1. The maximum atomic E-state index is 12.4. The Morgan fingerprint density at radius 3 is 2.54 bits per heavy atom. The summed E-state index contributed by atoms with van der Waals surface area (Å²) >= 11 is 0. The van der Waals surface area contributed by atoms with Crippen molar-refractivity contribution in [1.82, 2.24) is 5.32 Å². The minimum absolute atomic E-state index is 0.0244. The van der Waals surface area contributed by atoms with Crippen LogP contribution < -0.4 is 10.2 Å². The van der Waals surface area contributed by atoms with Gasteiger partial charge in [-0.2, -0.15) is 0 Å². The summed E-state index contributed by atoms with van der Waals surface area (Å²) < 4.78 is 5.02. The molecular formula is C20H20N2O4. The molecule has 0 bridgehead atoms. The molecule has 0 radical (unpaired) electrons. The number of nitrogens with zero attached hydrogens (tertiary/aromatic N) is 1. The molecule has 0 fully saturated rings. The lowest BCUT2D eigenvalue weighted by Crippen LogP contribution is -2.39. The molecule has 0 unspecified atom stereocenters. The molecule has 0 saturated carbocycles. The summed E-state index contributed by atoms with van der Waals surface area (Å²) in [6.45, 7) is 1.33. The Morgan fingerprint density at radius 2 is 1.77 bits per heavy atom. The number of para-hydroxylation sites is 1. The van der Waals surface area contributed by atoms with Gasteiger partial charge in [0, 0.05) is 17.3 Å². The summed E-state index contributed by atoms with van der Waals surface area (Å²) in [5.41, 5.74) is 2.42. The molecule has 134 valence electrons. The average Bonchev–Trinajstić information content (AvgIpc) is 3.00. The first-order valence-corrected chi connectivity index (χ1v) is 8.45. The maximum Gasteiger partial charge on any atom is 0.325 e. The van der Waals surface area contributed by atoms with E-state index in [4.69, 9.17) is 4.74 Å². The van der Waals surface area contributed by atoms with Gasteiger partial charge in [0.15, 0.2) is 6.61 Å². The fourth-order valence-corrected chi connectivity index (χ4v) is 3.05. The van der Waals surface area contributed by atoms with Gasteiger partial charge in [0.1, 0.15) is 6.54 Å². The van der Waals surface area contributed by atoms with Crippen molar-refractivity contribution in [3.8, 4) is 0 Å². The molecule has 2 amide bonds. The molecule has 1 aliphatic rings. The van der Waals surface area contributed by atoms with E-state index in [1.807, 2.05) is 31.2 Å². The number of nitrogens with one attached hydrogen (secondary N) is 1. The zero-order chi connectivity index (χ0) is 18.5. The van der Waals surface area contributed by atoms with Crippen molar-refractivity contribution < 1.29 is 19.1 Å². The van der Waals surface area contributed by atoms with Crippen LogP contribution in [0.1, 0.15) is 22.8 Å². The third kappa shape index (κ3) is 3.91. The molecule has 2 aromatic rings. The van der Waals surface area contributed by atoms with Crippen LogP contribution in [0.3, 0.4) is 0 Å². The van der Waals surface area contributed by atoms with Crippen molar-refractivity contribution in [3.63, 3.8) is 0 Å². The Hall–Kier alpha value is -3.15. The zero-order valence-corrected chi connectivity index (χ0v) is 14.5. The Morgan fingerprint density at radius 1 is 1.08 bits per heavy atom. The lowest BCUT2D eigenvalue weighted by atomic mass is 10.1. The molecule has 26 heavy (non-hydrogen) atoms. The minimum atomic E-state index is -0.650. The van der Waals surface area contributed by atoms with Gasteiger partial charge < -0.3 is 15.0 Å². The maximum absolute atomic E-state index is 12.4. The molecule has 0 spiro atoms. The van der Waals surface area contributed by atoms with Crippen molar-refractivity contribution in [1.29, 1.82) is 0 Å². The van der Waals surface area contributed by atoms with Crippen molar-refractivity contribution in [3.05, 3.63) is 65.7 Å². The molecule has 6 heteroatoms. The molecule has 6 nitrogen and oxygen atoms in total. The second kappa shape index (κ2) is 7.82. The van der Waals surface area contributed by atoms with Crippen LogP contribution in [0.2, 0.25) is 0 Å². The largest absolute Gasteiger partial charge is 0.454 e. The standard InChI is InChI=1S/C20H20N2O4/c1-14-11-16-9-5-6-10-17(16)22(14)18(23)13-26-19(24)12-21-20(25)15-7-3-2-4-8-15/h2-10,14H,11-13H2,1H3,(H,21,25)/t14-/m0/s1. The van der Waals surface area contributed by atoms with Gasteiger partial charge in [0.2, 0.25) is 0 Å². The topological polar surface area (TPSA) is 75.7 Å². The monoisotopic (exact) mass is 352 g/mol. The number of hydrogen-bond acceptors (Lipinski definition) is 4. The van der Waals surface area contributed by atoms with Gasteiger partial charge in [-0.25, -0.2) is 0 Å². The van der Waals surface area contributed by atoms with Crippen LogP contribution in [0.25, 0.3) is 0 Å². The Bertz CT molecular complexity index is 820. The summed E-state index contributed by atoms with van der Waals surface area (Å²) in [6.07, 6.45) is 0.781. The van der Waals surface area contributed by atoms with Crippen LogP contribution >= 0.6 is 0 Å². The summed E-state index contributed by atoms with van der Waals surface area (Å²) in [5, 5.41) is 2.48. The molecular weight excluding hydrogens is 332 g/mol. The number of amides is 2. The fraction of sp³-hybridized carbons (Fsp3) is 0.250. The predicted molar refractivity (Wildman–Crippen MR) is 96.8 cm³/mol. The van der Waals surface area contributed by atoms with Gasteiger partial charge in [0.25, 0.3) is 11.8 Å². The predicted octanol–water partition coefficient (Wildman–Crippen LogP) is 1.94. The van der Waals surface area contributed by atoms with Crippen LogP contribution in [0.4, 0.5) is 5.69 Å². The second-order valence-corrected chi connectivity index (χ2v) is 6.15. The van der Waals surface area contributed by atoms with Gasteiger partial charge >= 0.3 is 5.97 Å². The highest BCUT2D eigenvalue weighted by atomic mass is 16.5. The van der Waals surface area contributed by atoms with Crippen LogP contribution in [0, 0.1) is 0 Å². The highest BCUT2D eigenvalue weighted by Gasteiger charge is 2.30. The summed E-state index contributed by atoms with van der Waals surface area (Å²) in [5.74, 6) is -1.29. The van der Waals surface area contributed by atoms with E-state index in [-0.39, 0.29) is 31.0 Å². The number of esters is 1. The van der Waals surface area contributed by atoms with Crippen molar-refractivity contribution >= 4 is 23.5 Å². The van der Waals surface area contributed by atoms with E-state index < -0.39 is 5.97 Å². The molecule has 1 atom stereocenters. The Balaban J connectivity index is 1.49. The minimum Gasteiger partial charge on any atom is -0.454 e. The van der Waals surface area contributed by atoms with Crippen molar-refractivity contribution in [2.45, 2.75) is 19.4 Å². The van der Waals surface area contributed by atoms with Crippen LogP contribution in [-0.2, 0) is 20.7 Å².